The molecule has 0 spiro atoms. The molecule has 0 atom stereocenters. The zero-order valence-corrected chi connectivity index (χ0v) is 5.77. The summed E-state index contributed by atoms with van der Waals surface area (Å²) in [5, 5.41) is 8.55. The average Bonchev–Trinajstić information content (AvgIpc) is 1.84. The lowest BCUT2D eigenvalue weighted by molar-refractivity contribution is -0.132. The van der Waals surface area contributed by atoms with Crippen molar-refractivity contribution < 1.29 is 9.90 Å². The van der Waals surface area contributed by atoms with E-state index in [2.05, 4.69) is 4.99 Å². The van der Waals surface area contributed by atoms with Crippen LogP contribution in [0.4, 0.5) is 0 Å². The molecule has 0 unspecified atom stereocenters. The highest BCUT2D eigenvalue weighted by molar-refractivity contribution is 5.90. The number of carboxylic acid groups (broad SMARTS) is 1. The number of nitrogens with zero attached hydrogens (tertiary/aromatic N) is 1. The van der Waals surface area contributed by atoms with Crippen molar-refractivity contribution >= 4 is 12.2 Å². The van der Waals surface area contributed by atoms with Crippen molar-refractivity contribution in [3.63, 3.8) is 0 Å². The molecule has 0 aliphatic carbocycles. The minimum Gasteiger partial charge on any atom is -0.478 e. The van der Waals surface area contributed by atoms with E-state index < -0.39 is 5.97 Å². The Morgan fingerprint density at radius 1 is 1.45 bits per heavy atom. The molecule has 0 aromatic heterocycles. The minimum atomic E-state index is -0.942. The molecule has 0 bridgehead atoms. The predicted molar refractivity (Wildman–Crippen MR) is 42.5 cm³/mol. The molecule has 56 valence electrons. The number of hydrogen-bond acceptors (Lipinski definition) is 2. The van der Waals surface area contributed by atoms with Gasteiger partial charge in [0.05, 0.1) is 5.57 Å². The van der Waals surface area contributed by atoms with Crippen molar-refractivity contribution in [2.75, 3.05) is 0 Å². The molecule has 0 fully saturated rings. The normalized spacial score (nSPS) is 15.5. The van der Waals surface area contributed by atoms with Crippen LogP contribution < -0.4 is 0 Å². The Labute approximate surface area is 64.1 Å². The number of rotatable bonds is 1. The van der Waals surface area contributed by atoms with E-state index in [0.29, 0.717) is 0 Å². The van der Waals surface area contributed by atoms with Crippen LogP contribution in [-0.2, 0) is 4.79 Å². The van der Waals surface area contributed by atoms with E-state index in [1.807, 2.05) is 0 Å². The maximum absolute atomic E-state index is 10.4. The monoisotopic (exact) mass is 149 g/mol. The van der Waals surface area contributed by atoms with Crippen LogP contribution >= 0.6 is 0 Å². The summed E-state index contributed by atoms with van der Waals surface area (Å²) in [5.74, 6) is -0.942. The van der Waals surface area contributed by atoms with Crippen LogP contribution in [0.5, 0.6) is 0 Å². The minimum absolute atomic E-state index is 0.234. The van der Waals surface area contributed by atoms with Crippen molar-refractivity contribution in [2.24, 2.45) is 4.99 Å². The molecule has 0 aromatic carbocycles. The summed E-state index contributed by atoms with van der Waals surface area (Å²) in [6, 6.07) is 0. The third kappa shape index (κ3) is 2.21. The average molecular weight is 149 g/mol. The Kier molecular flexibility index (Phi) is 2.38. The maximum atomic E-state index is 10.4. The van der Waals surface area contributed by atoms with Gasteiger partial charge in [0.25, 0.3) is 0 Å². The molecular weight excluding hydrogens is 142 g/mol. The molecule has 1 N–H and O–H groups in total. The zero-order valence-electron chi connectivity index (χ0n) is 5.77. The highest BCUT2D eigenvalue weighted by Crippen LogP contribution is 1.99. The fraction of sp³-hybridized carbons (Fsp3) is 0. The van der Waals surface area contributed by atoms with Crippen LogP contribution in [0, 0.1) is 0 Å². The van der Waals surface area contributed by atoms with Gasteiger partial charge in [-0.05, 0) is 18.2 Å². The third-order valence-corrected chi connectivity index (χ3v) is 1.15. The fourth-order valence-corrected chi connectivity index (χ4v) is 0.630. The van der Waals surface area contributed by atoms with Crippen LogP contribution in [-0.4, -0.2) is 17.3 Å². The molecule has 0 saturated heterocycles. The van der Waals surface area contributed by atoms with E-state index >= 15 is 0 Å². The smallest absolute Gasteiger partial charge is 0.335 e. The van der Waals surface area contributed by atoms with Gasteiger partial charge in [-0.15, -0.1) is 0 Å². The number of aliphatic imine (C=N–C) groups is 1. The lowest BCUT2D eigenvalue weighted by Gasteiger charge is -1.91. The lowest BCUT2D eigenvalue weighted by Crippen LogP contribution is -1.96. The molecule has 1 aliphatic rings. The van der Waals surface area contributed by atoms with Crippen molar-refractivity contribution in [1.29, 1.82) is 0 Å². The second kappa shape index (κ2) is 3.51. The van der Waals surface area contributed by atoms with Crippen molar-refractivity contribution in [3.05, 3.63) is 36.1 Å². The summed E-state index contributed by atoms with van der Waals surface area (Å²) in [6.45, 7) is 0. The van der Waals surface area contributed by atoms with E-state index in [0.717, 1.165) is 0 Å². The molecule has 0 amide bonds. The Balaban J connectivity index is 2.87. The Hall–Kier alpha value is -1.64. The highest BCUT2D eigenvalue weighted by atomic mass is 16.4. The first-order valence-corrected chi connectivity index (χ1v) is 3.10. The van der Waals surface area contributed by atoms with E-state index in [1.165, 1.54) is 18.4 Å². The van der Waals surface area contributed by atoms with Gasteiger partial charge in [0, 0.05) is 12.4 Å². The van der Waals surface area contributed by atoms with E-state index in [9.17, 15) is 4.79 Å². The van der Waals surface area contributed by atoms with Crippen molar-refractivity contribution in [3.8, 4) is 0 Å². The molecule has 1 rings (SSSR count). The van der Waals surface area contributed by atoms with Gasteiger partial charge in [-0.3, -0.25) is 4.99 Å². The Morgan fingerprint density at radius 3 is 3.00 bits per heavy atom. The molecule has 1 aliphatic heterocycles. The van der Waals surface area contributed by atoms with E-state index in [4.69, 9.17) is 5.11 Å². The molecule has 0 saturated carbocycles. The summed E-state index contributed by atoms with van der Waals surface area (Å²) in [6.07, 6.45) is 9.31. The maximum Gasteiger partial charge on any atom is 0.335 e. The first kappa shape index (κ1) is 7.47. The van der Waals surface area contributed by atoms with Crippen LogP contribution in [0.3, 0.4) is 0 Å². The number of aliphatic carboxylic acids is 1. The molecule has 0 aromatic rings. The van der Waals surface area contributed by atoms with Gasteiger partial charge in [0.1, 0.15) is 0 Å². The topological polar surface area (TPSA) is 49.7 Å². The summed E-state index contributed by atoms with van der Waals surface area (Å²) in [4.78, 5) is 14.2. The van der Waals surface area contributed by atoms with Crippen LogP contribution in [0.2, 0.25) is 0 Å². The number of allylic oxidation sites excluding steroid dienone is 3. The second-order valence-corrected chi connectivity index (χ2v) is 1.93. The Morgan fingerprint density at radius 2 is 2.27 bits per heavy atom. The number of carboxylic acids is 1. The standard InChI is InChI=1S/C8H7NO2/c10-8(11)7-3-1-2-5-9-6-4-7/h1-6H,(H,10,11). The molecular formula is C8H7NO2. The number of carbonyl (C=O) groups is 1. The predicted octanol–water partition coefficient (Wildman–Crippen LogP) is 1.15. The zero-order chi connectivity index (χ0) is 8.10. The van der Waals surface area contributed by atoms with Gasteiger partial charge in [0.15, 0.2) is 0 Å². The summed E-state index contributed by atoms with van der Waals surface area (Å²) >= 11 is 0. The lowest BCUT2D eigenvalue weighted by atomic mass is 10.2. The first-order valence-electron chi connectivity index (χ1n) is 3.10. The number of hydrogen-bond donors (Lipinski definition) is 1. The summed E-state index contributed by atoms with van der Waals surface area (Å²) in [5.41, 5.74) is 0.234. The highest BCUT2D eigenvalue weighted by Gasteiger charge is 2.00. The molecule has 1 heterocycles. The molecule has 0 radical (unpaired) electrons. The van der Waals surface area contributed by atoms with Gasteiger partial charge in [-0.2, -0.15) is 0 Å². The van der Waals surface area contributed by atoms with Gasteiger partial charge in [-0.25, -0.2) is 4.79 Å². The molecule has 3 heteroatoms. The van der Waals surface area contributed by atoms with Crippen LogP contribution in [0.15, 0.2) is 41.1 Å². The largest absolute Gasteiger partial charge is 0.478 e. The van der Waals surface area contributed by atoms with E-state index in [1.54, 1.807) is 18.4 Å². The second-order valence-electron chi connectivity index (χ2n) is 1.93. The third-order valence-electron chi connectivity index (χ3n) is 1.15. The van der Waals surface area contributed by atoms with Crippen LogP contribution in [0.25, 0.3) is 0 Å². The van der Waals surface area contributed by atoms with Crippen molar-refractivity contribution in [1.82, 2.24) is 0 Å². The Bertz CT molecular complexity index is 272. The van der Waals surface area contributed by atoms with Crippen LogP contribution in [0.1, 0.15) is 0 Å². The van der Waals surface area contributed by atoms with Gasteiger partial charge in [-0.1, -0.05) is 6.08 Å². The SMILES string of the molecule is O=C(O)C1=CC=CC=NC=C1. The van der Waals surface area contributed by atoms with E-state index in [-0.39, 0.29) is 5.57 Å². The summed E-state index contributed by atoms with van der Waals surface area (Å²) < 4.78 is 0. The van der Waals surface area contributed by atoms with Crippen molar-refractivity contribution in [2.45, 2.75) is 0 Å². The van der Waals surface area contributed by atoms with Gasteiger partial charge < -0.3 is 5.11 Å². The summed E-state index contributed by atoms with van der Waals surface area (Å²) in [7, 11) is 0. The molecule has 11 heavy (non-hydrogen) atoms. The molecule has 3 nitrogen and oxygen atoms in total. The van der Waals surface area contributed by atoms with Gasteiger partial charge in [0.2, 0.25) is 0 Å². The first-order chi connectivity index (χ1) is 5.30. The fourth-order valence-electron chi connectivity index (χ4n) is 0.630. The van der Waals surface area contributed by atoms with Gasteiger partial charge >= 0.3 is 5.97 Å². The quantitative estimate of drug-likeness (QED) is 0.608.